The van der Waals surface area contributed by atoms with Gasteiger partial charge in [-0.2, -0.15) is 0 Å². The van der Waals surface area contributed by atoms with E-state index in [4.69, 9.17) is 0 Å². The molecule has 2 N–H and O–H groups in total. The van der Waals surface area contributed by atoms with Crippen molar-refractivity contribution >= 4 is 23.2 Å². The van der Waals surface area contributed by atoms with Gasteiger partial charge in [-0.15, -0.1) is 0 Å². The van der Waals surface area contributed by atoms with E-state index in [0.29, 0.717) is 11.9 Å². The summed E-state index contributed by atoms with van der Waals surface area (Å²) in [7, 11) is 0. The zero-order chi connectivity index (χ0) is 20.6. The van der Waals surface area contributed by atoms with E-state index in [1.165, 1.54) is 6.92 Å². The van der Waals surface area contributed by atoms with Crippen LogP contribution in [0.4, 0.5) is 11.4 Å². The molecule has 0 aromatic heterocycles. The molecule has 158 valence electrons. The van der Waals surface area contributed by atoms with Crippen LogP contribution in [0.5, 0.6) is 0 Å². The van der Waals surface area contributed by atoms with Crippen LogP contribution in [-0.2, 0) is 9.59 Å². The first kappa shape index (κ1) is 20.2. The maximum absolute atomic E-state index is 13.5. The van der Waals surface area contributed by atoms with Crippen molar-refractivity contribution in [1.82, 2.24) is 4.90 Å². The largest absolute Gasteiger partial charge is 0.393 e. The van der Waals surface area contributed by atoms with Gasteiger partial charge in [0, 0.05) is 44.0 Å². The molecular weight excluding hydrogens is 366 g/mol. The number of aliphatic hydroxyl groups is 1. The first-order valence-electron chi connectivity index (χ1n) is 11.0. The molecule has 1 saturated carbocycles. The zero-order valence-corrected chi connectivity index (χ0v) is 17.6. The molecule has 1 aliphatic carbocycles. The van der Waals surface area contributed by atoms with Crippen LogP contribution < -0.4 is 10.2 Å². The Kier molecular flexibility index (Phi) is 5.56. The fourth-order valence-electron chi connectivity index (χ4n) is 5.57. The first-order valence-corrected chi connectivity index (χ1v) is 11.0. The maximum Gasteiger partial charge on any atom is 0.230 e. The number of hydrogen-bond donors (Lipinski definition) is 2. The average molecular weight is 400 g/mol. The average Bonchev–Trinajstić information content (AvgIpc) is 2.98. The van der Waals surface area contributed by atoms with Crippen LogP contribution in [0.15, 0.2) is 18.2 Å². The quantitative estimate of drug-likeness (QED) is 0.819. The third-order valence-electron chi connectivity index (χ3n) is 7.09. The highest BCUT2D eigenvalue weighted by Crippen LogP contribution is 2.44. The zero-order valence-electron chi connectivity index (χ0n) is 17.6. The fourth-order valence-corrected chi connectivity index (χ4v) is 5.57. The van der Waals surface area contributed by atoms with E-state index in [1.54, 1.807) is 0 Å². The van der Waals surface area contributed by atoms with Crippen LogP contribution in [0.2, 0.25) is 0 Å². The number of hydrogen-bond acceptors (Lipinski definition) is 4. The van der Waals surface area contributed by atoms with Crippen LogP contribution in [0.3, 0.4) is 0 Å². The number of benzene rings is 1. The molecule has 0 bridgehead atoms. The lowest BCUT2D eigenvalue weighted by Crippen LogP contribution is -2.50. The number of aliphatic hydroxyl groups excluding tert-OH is 1. The standard InChI is InChI=1S/C23H33N3O3/c1-16-14-18(24-17(2)27)4-9-21(16)25-12-3-10-23(15-25)11-13-26(22(23)29)19-5-7-20(28)8-6-19/h4,9,14,19-20,28H,3,5-8,10-13,15H2,1-2H3,(H,24,27)/t19?,20?,23-/m1/s1. The molecule has 0 radical (unpaired) electrons. The summed E-state index contributed by atoms with van der Waals surface area (Å²) in [4.78, 5) is 29.3. The van der Waals surface area contributed by atoms with Gasteiger partial charge in [0.05, 0.1) is 11.5 Å². The second kappa shape index (κ2) is 7.98. The number of rotatable bonds is 3. The van der Waals surface area contributed by atoms with Crippen molar-refractivity contribution in [3.05, 3.63) is 23.8 Å². The summed E-state index contributed by atoms with van der Waals surface area (Å²) in [6.45, 7) is 6.18. The number of nitrogens with zero attached hydrogens (tertiary/aromatic N) is 2. The van der Waals surface area contributed by atoms with Crippen molar-refractivity contribution in [3.8, 4) is 0 Å². The molecule has 3 aliphatic rings. The van der Waals surface area contributed by atoms with Crippen molar-refractivity contribution in [2.75, 3.05) is 29.9 Å². The smallest absolute Gasteiger partial charge is 0.230 e. The molecule has 1 aromatic carbocycles. The number of nitrogens with one attached hydrogen (secondary N) is 1. The molecule has 6 nitrogen and oxygen atoms in total. The summed E-state index contributed by atoms with van der Waals surface area (Å²) in [5, 5.41) is 12.6. The Morgan fingerprint density at radius 1 is 1.17 bits per heavy atom. The van der Waals surface area contributed by atoms with E-state index in [9.17, 15) is 14.7 Å². The monoisotopic (exact) mass is 399 g/mol. The third kappa shape index (κ3) is 4.00. The number of carbonyl (C=O) groups is 2. The fraction of sp³-hybridized carbons (Fsp3) is 0.652. The van der Waals surface area contributed by atoms with Crippen LogP contribution in [0.1, 0.15) is 57.4 Å². The summed E-state index contributed by atoms with van der Waals surface area (Å²) < 4.78 is 0. The topological polar surface area (TPSA) is 72.9 Å². The second-order valence-electron chi connectivity index (χ2n) is 9.20. The number of piperidine rings is 1. The van der Waals surface area contributed by atoms with E-state index < -0.39 is 0 Å². The highest BCUT2D eigenvalue weighted by atomic mass is 16.3. The number of carbonyl (C=O) groups excluding carboxylic acids is 2. The summed E-state index contributed by atoms with van der Waals surface area (Å²) in [5.41, 5.74) is 2.83. The summed E-state index contributed by atoms with van der Waals surface area (Å²) in [6, 6.07) is 6.33. The highest BCUT2D eigenvalue weighted by Gasteiger charge is 2.50. The molecule has 1 aromatic rings. The first-order chi connectivity index (χ1) is 13.9. The van der Waals surface area contributed by atoms with E-state index in [0.717, 1.165) is 81.5 Å². The van der Waals surface area contributed by atoms with Gasteiger partial charge in [-0.25, -0.2) is 0 Å². The number of aryl methyl sites for hydroxylation is 1. The number of likely N-dealkylation sites (tertiary alicyclic amines) is 1. The van der Waals surface area contributed by atoms with Crippen LogP contribution in [0, 0.1) is 12.3 Å². The molecule has 2 heterocycles. The van der Waals surface area contributed by atoms with Gasteiger partial charge < -0.3 is 20.2 Å². The van der Waals surface area contributed by atoms with E-state index in [-0.39, 0.29) is 17.4 Å². The summed E-state index contributed by atoms with van der Waals surface area (Å²) in [5.74, 6) is 0.261. The predicted molar refractivity (Wildman–Crippen MR) is 114 cm³/mol. The van der Waals surface area contributed by atoms with Crippen molar-refractivity contribution in [2.45, 2.75) is 70.9 Å². The SMILES string of the molecule is CC(=O)Nc1ccc(N2CCC[C@@]3(CCN(C4CCC(O)CC4)C3=O)C2)c(C)c1. The Hall–Kier alpha value is -2.08. The van der Waals surface area contributed by atoms with E-state index in [2.05, 4.69) is 28.1 Å². The second-order valence-corrected chi connectivity index (χ2v) is 9.20. The molecular formula is C23H33N3O3. The van der Waals surface area contributed by atoms with Crippen molar-refractivity contribution in [2.24, 2.45) is 5.41 Å². The number of anilines is 2. The molecule has 1 spiro atoms. The van der Waals surface area contributed by atoms with Crippen LogP contribution in [-0.4, -0.2) is 53.6 Å². The normalized spacial score (nSPS) is 30.1. The minimum Gasteiger partial charge on any atom is -0.393 e. The van der Waals surface area contributed by atoms with Gasteiger partial charge in [0.15, 0.2) is 0 Å². The number of amides is 2. The Bertz CT molecular complexity index is 788. The van der Waals surface area contributed by atoms with Crippen molar-refractivity contribution < 1.29 is 14.7 Å². The molecule has 2 amide bonds. The van der Waals surface area contributed by atoms with Crippen molar-refractivity contribution in [3.63, 3.8) is 0 Å². The highest BCUT2D eigenvalue weighted by molar-refractivity contribution is 5.89. The third-order valence-corrected chi connectivity index (χ3v) is 7.09. The molecule has 4 rings (SSSR count). The molecule has 3 fully saturated rings. The van der Waals surface area contributed by atoms with Crippen molar-refractivity contribution in [1.29, 1.82) is 0 Å². The molecule has 2 aliphatic heterocycles. The lowest BCUT2D eigenvalue weighted by atomic mass is 9.78. The van der Waals surface area contributed by atoms with E-state index >= 15 is 0 Å². The van der Waals surface area contributed by atoms with Gasteiger partial charge in [0.25, 0.3) is 0 Å². The Labute approximate surface area is 173 Å². The Balaban J connectivity index is 1.48. The minimum atomic E-state index is -0.267. The van der Waals surface area contributed by atoms with Crippen LogP contribution in [0.25, 0.3) is 0 Å². The molecule has 29 heavy (non-hydrogen) atoms. The summed E-state index contributed by atoms with van der Waals surface area (Å²) in [6.07, 6.45) is 6.22. The minimum absolute atomic E-state index is 0.0686. The molecule has 6 heteroatoms. The van der Waals surface area contributed by atoms with Crippen LogP contribution >= 0.6 is 0 Å². The van der Waals surface area contributed by atoms with Gasteiger partial charge >= 0.3 is 0 Å². The maximum atomic E-state index is 13.5. The van der Waals surface area contributed by atoms with Gasteiger partial charge in [0.2, 0.25) is 11.8 Å². The molecule has 2 saturated heterocycles. The van der Waals surface area contributed by atoms with Gasteiger partial charge in [-0.3, -0.25) is 9.59 Å². The lowest BCUT2D eigenvalue weighted by molar-refractivity contribution is -0.139. The van der Waals surface area contributed by atoms with Gasteiger partial charge in [-0.1, -0.05) is 0 Å². The predicted octanol–water partition coefficient (Wildman–Crippen LogP) is 3.08. The Morgan fingerprint density at radius 2 is 1.93 bits per heavy atom. The molecule has 0 unspecified atom stereocenters. The van der Waals surface area contributed by atoms with E-state index in [1.807, 2.05) is 12.1 Å². The Morgan fingerprint density at radius 3 is 2.62 bits per heavy atom. The summed E-state index contributed by atoms with van der Waals surface area (Å²) >= 11 is 0. The van der Waals surface area contributed by atoms with Gasteiger partial charge in [-0.05, 0) is 75.6 Å². The lowest BCUT2D eigenvalue weighted by Gasteiger charge is -2.42. The van der Waals surface area contributed by atoms with Gasteiger partial charge in [0.1, 0.15) is 0 Å². The molecule has 1 atom stereocenters.